The minimum absolute atomic E-state index is 0.317. The first-order chi connectivity index (χ1) is 10.2. The average Bonchev–Trinajstić information content (AvgIpc) is 3.08. The molecule has 1 aromatic carbocycles. The van der Waals surface area contributed by atoms with Gasteiger partial charge in [-0.3, -0.25) is 14.9 Å². The molecule has 1 saturated carbocycles. The van der Waals surface area contributed by atoms with Gasteiger partial charge in [-0.25, -0.2) is 0 Å². The van der Waals surface area contributed by atoms with Crippen molar-refractivity contribution in [3.63, 3.8) is 0 Å². The fourth-order valence-electron chi connectivity index (χ4n) is 2.62. The third kappa shape index (κ3) is 3.67. The first-order valence-corrected chi connectivity index (χ1v) is 8.00. The maximum atomic E-state index is 11.5. The van der Waals surface area contributed by atoms with Gasteiger partial charge in [0.1, 0.15) is 5.75 Å². The number of carbonyl (C=O) groups excluding carboxylic acids is 2. The highest BCUT2D eigenvalue weighted by atomic mass is 32.2. The number of imide groups is 1. The lowest BCUT2D eigenvalue weighted by molar-refractivity contribution is -0.115. The Balaban J connectivity index is 1.60. The van der Waals surface area contributed by atoms with Crippen molar-refractivity contribution in [1.82, 2.24) is 5.32 Å². The van der Waals surface area contributed by atoms with Crippen molar-refractivity contribution in [3.05, 3.63) is 34.7 Å². The van der Waals surface area contributed by atoms with Gasteiger partial charge in [0.05, 0.1) is 11.5 Å². The lowest BCUT2D eigenvalue weighted by Crippen LogP contribution is -2.17. The Hall–Kier alpha value is -1.75. The van der Waals surface area contributed by atoms with Gasteiger partial charge >= 0.3 is 0 Å². The second-order valence-corrected chi connectivity index (χ2v) is 6.40. The minimum Gasteiger partial charge on any atom is -0.493 e. The van der Waals surface area contributed by atoms with E-state index < -0.39 is 0 Å². The van der Waals surface area contributed by atoms with E-state index >= 15 is 0 Å². The molecule has 2 aliphatic rings. The molecule has 1 saturated heterocycles. The number of rotatable bonds is 4. The molecular formula is C16H17NO3S. The van der Waals surface area contributed by atoms with Crippen molar-refractivity contribution >= 4 is 29.0 Å². The number of nitrogens with one attached hydrogen (secondary N) is 1. The SMILES string of the molecule is O=C1NC(=O)/C(=C/c2ccc(OCC3CCCC3)cc2)S1. The van der Waals surface area contributed by atoms with Crippen LogP contribution in [-0.4, -0.2) is 17.8 Å². The van der Waals surface area contributed by atoms with Crippen LogP contribution in [0.3, 0.4) is 0 Å². The molecule has 2 amide bonds. The summed E-state index contributed by atoms with van der Waals surface area (Å²) in [4.78, 5) is 23.0. The molecule has 1 N–H and O–H groups in total. The number of amides is 2. The molecule has 0 unspecified atom stereocenters. The Labute approximate surface area is 127 Å². The van der Waals surface area contributed by atoms with Crippen molar-refractivity contribution < 1.29 is 14.3 Å². The molecule has 3 rings (SSSR count). The fraction of sp³-hybridized carbons (Fsp3) is 0.375. The Kier molecular flexibility index (Phi) is 4.29. The third-order valence-electron chi connectivity index (χ3n) is 3.78. The highest BCUT2D eigenvalue weighted by Gasteiger charge is 2.24. The van der Waals surface area contributed by atoms with Crippen molar-refractivity contribution in [1.29, 1.82) is 0 Å². The van der Waals surface area contributed by atoms with Gasteiger partial charge in [-0.1, -0.05) is 25.0 Å². The van der Waals surface area contributed by atoms with Crippen LogP contribution >= 0.6 is 11.8 Å². The van der Waals surface area contributed by atoms with Crippen LogP contribution in [0.15, 0.2) is 29.2 Å². The topological polar surface area (TPSA) is 55.4 Å². The summed E-state index contributed by atoms with van der Waals surface area (Å²) >= 11 is 0.930. The maximum Gasteiger partial charge on any atom is 0.290 e. The number of benzene rings is 1. The number of carbonyl (C=O) groups is 2. The molecule has 0 spiro atoms. The van der Waals surface area contributed by atoms with Crippen LogP contribution in [0.4, 0.5) is 4.79 Å². The third-order valence-corrected chi connectivity index (χ3v) is 4.59. The van der Waals surface area contributed by atoms with Crippen LogP contribution in [0.5, 0.6) is 5.75 Å². The zero-order valence-electron chi connectivity index (χ0n) is 11.6. The summed E-state index contributed by atoms with van der Waals surface area (Å²) in [6.07, 6.45) is 6.89. The quantitative estimate of drug-likeness (QED) is 0.864. The monoisotopic (exact) mass is 303 g/mol. The van der Waals surface area contributed by atoms with Gasteiger partial charge in [-0.2, -0.15) is 0 Å². The van der Waals surface area contributed by atoms with E-state index in [2.05, 4.69) is 5.32 Å². The molecule has 0 radical (unpaired) electrons. The van der Waals surface area contributed by atoms with Gasteiger partial charge in [0.15, 0.2) is 0 Å². The van der Waals surface area contributed by atoms with Crippen molar-refractivity contribution in [3.8, 4) is 5.75 Å². The molecule has 0 aromatic heterocycles. The summed E-state index contributed by atoms with van der Waals surface area (Å²) in [6.45, 7) is 0.785. The molecule has 1 aromatic rings. The summed E-state index contributed by atoms with van der Waals surface area (Å²) in [6, 6.07) is 7.60. The van der Waals surface area contributed by atoms with E-state index in [0.29, 0.717) is 10.8 Å². The standard InChI is InChI=1S/C16H17NO3S/c18-15-14(21-16(19)17-15)9-11-5-7-13(8-6-11)20-10-12-3-1-2-4-12/h5-9,12H,1-4,10H2,(H,17,18,19)/b14-9-. The molecule has 4 nitrogen and oxygen atoms in total. The van der Waals surface area contributed by atoms with E-state index in [1.807, 2.05) is 24.3 Å². The highest BCUT2D eigenvalue weighted by Crippen LogP contribution is 2.27. The summed E-state index contributed by atoms with van der Waals surface area (Å²) in [5.74, 6) is 1.21. The predicted octanol–water partition coefficient (Wildman–Crippen LogP) is 3.58. The lowest BCUT2D eigenvalue weighted by Gasteiger charge is -2.11. The number of ether oxygens (including phenoxy) is 1. The normalized spacial score (nSPS) is 21.0. The fourth-order valence-corrected chi connectivity index (χ4v) is 3.31. The molecule has 2 fully saturated rings. The molecule has 1 heterocycles. The highest BCUT2D eigenvalue weighted by molar-refractivity contribution is 8.18. The van der Waals surface area contributed by atoms with Crippen molar-refractivity contribution in [2.24, 2.45) is 5.92 Å². The first-order valence-electron chi connectivity index (χ1n) is 7.18. The maximum absolute atomic E-state index is 11.5. The number of thioether (sulfide) groups is 1. The summed E-state index contributed by atoms with van der Waals surface area (Å²) < 4.78 is 5.79. The van der Waals surface area contributed by atoms with Crippen LogP contribution in [0, 0.1) is 5.92 Å². The van der Waals surface area contributed by atoms with Gasteiger partial charge in [0.2, 0.25) is 0 Å². The molecular weight excluding hydrogens is 286 g/mol. The second-order valence-electron chi connectivity index (χ2n) is 5.38. The average molecular weight is 303 g/mol. The van der Waals surface area contributed by atoms with E-state index in [4.69, 9.17) is 4.74 Å². The van der Waals surface area contributed by atoms with E-state index in [0.717, 1.165) is 29.7 Å². The molecule has 0 bridgehead atoms. The predicted molar refractivity (Wildman–Crippen MR) is 83.0 cm³/mol. The molecule has 1 aliphatic heterocycles. The van der Waals surface area contributed by atoms with E-state index in [1.54, 1.807) is 6.08 Å². The zero-order chi connectivity index (χ0) is 14.7. The van der Waals surface area contributed by atoms with Crippen molar-refractivity contribution in [2.75, 3.05) is 6.61 Å². The molecule has 110 valence electrons. The van der Waals surface area contributed by atoms with Gasteiger partial charge in [0.25, 0.3) is 11.1 Å². The molecule has 1 aliphatic carbocycles. The van der Waals surface area contributed by atoms with Gasteiger partial charge < -0.3 is 4.74 Å². The lowest BCUT2D eigenvalue weighted by atomic mass is 10.1. The first kappa shape index (κ1) is 14.2. The molecule has 5 heteroatoms. The molecule has 0 atom stereocenters. The van der Waals surface area contributed by atoms with Gasteiger partial charge in [-0.15, -0.1) is 0 Å². The Morgan fingerprint density at radius 3 is 2.52 bits per heavy atom. The van der Waals surface area contributed by atoms with E-state index in [1.165, 1.54) is 25.7 Å². The van der Waals surface area contributed by atoms with Crippen LogP contribution in [0.1, 0.15) is 31.2 Å². The van der Waals surface area contributed by atoms with Crippen LogP contribution in [-0.2, 0) is 4.79 Å². The number of hydrogen-bond donors (Lipinski definition) is 1. The zero-order valence-corrected chi connectivity index (χ0v) is 12.4. The summed E-state index contributed by atoms with van der Waals surface area (Å²) in [7, 11) is 0. The van der Waals surface area contributed by atoms with Gasteiger partial charge in [-0.05, 0) is 54.3 Å². The van der Waals surface area contributed by atoms with Crippen LogP contribution in [0.25, 0.3) is 6.08 Å². The Bertz CT molecular complexity index is 574. The van der Waals surface area contributed by atoms with Crippen LogP contribution < -0.4 is 10.1 Å². The van der Waals surface area contributed by atoms with Crippen molar-refractivity contribution in [2.45, 2.75) is 25.7 Å². The summed E-state index contributed by atoms with van der Waals surface area (Å²) in [5.41, 5.74) is 0.885. The smallest absolute Gasteiger partial charge is 0.290 e. The Morgan fingerprint density at radius 2 is 1.90 bits per heavy atom. The second kappa shape index (κ2) is 6.35. The van der Waals surface area contributed by atoms with E-state index in [-0.39, 0.29) is 11.1 Å². The van der Waals surface area contributed by atoms with Gasteiger partial charge in [0, 0.05) is 0 Å². The molecule has 21 heavy (non-hydrogen) atoms. The number of hydrogen-bond acceptors (Lipinski definition) is 4. The minimum atomic E-state index is -0.327. The largest absolute Gasteiger partial charge is 0.493 e. The van der Waals surface area contributed by atoms with Crippen LogP contribution in [0.2, 0.25) is 0 Å². The van der Waals surface area contributed by atoms with E-state index in [9.17, 15) is 9.59 Å². The summed E-state index contributed by atoms with van der Waals surface area (Å²) in [5, 5.41) is 1.93. The Morgan fingerprint density at radius 1 is 1.19 bits per heavy atom.